The molecule has 7 nitrogen and oxygen atoms in total. The molecule has 0 aromatic rings. The van der Waals surface area contributed by atoms with Crippen LogP contribution < -0.4 is 5.32 Å². The third-order valence-corrected chi connectivity index (χ3v) is 7.36. The van der Waals surface area contributed by atoms with Gasteiger partial charge in [0.1, 0.15) is 6.10 Å². The normalized spacial score (nSPS) is 14.1. The molecule has 0 saturated heterocycles. The number of rotatable bonds is 26. The third kappa shape index (κ3) is 24.7. The van der Waals surface area contributed by atoms with Crippen molar-refractivity contribution in [3.8, 4) is 0 Å². The van der Waals surface area contributed by atoms with Crippen molar-refractivity contribution in [3.63, 3.8) is 0 Å². The Labute approximate surface area is 209 Å². The van der Waals surface area contributed by atoms with E-state index in [1.54, 1.807) is 0 Å². The lowest BCUT2D eigenvalue weighted by molar-refractivity contribution is -0.627. The standard InChI is InChI=1S/C26H54NO6P/c1-4-5-6-7-8-9-10-11-12-13-14-15-16-18-21-31-23-26(33-25(2)28)24-32-34(29,30)22-19-17-20-27-3/h26-27H,4-24H2,1-3H3,(H,29,30)/p+1. The molecule has 0 fully saturated rings. The van der Waals surface area contributed by atoms with Gasteiger partial charge in [-0.15, -0.1) is 0 Å². The van der Waals surface area contributed by atoms with Gasteiger partial charge in [-0.2, -0.15) is 0 Å². The van der Waals surface area contributed by atoms with Gasteiger partial charge >= 0.3 is 13.6 Å². The number of hydrogen-bond donors (Lipinski definition) is 2. The molecule has 0 spiro atoms. The van der Waals surface area contributed by atoms with Crippen molar-refractivity contribution in [1.29, 1.82) is 0 Å². The molecule has 34 heavy (non-hydrogen) atoms. The summed E-state index contributed by atoms with van der Waals surface area (Å²) < 4.78 is 28.2. The van der Waals surface area contributed by atoms with Gasteiger partial charge in [-0.3, -0.25) is 9.36 Å². The third-order valence-electron chi connectivity index (χ3n) is 5.92. The number of hydrogen-bond acceptors (Lipinski definition) is 5. The minimum absolute atomic E-state index is 0.119. The zero-order valence-corrected chi connectivity index (χ0v) is 23.3. The van der Waals surface area contributed by atoms with E-state index in [0.717, 1.165) is 25.8 Å². The Morgan fingerprint density at radius 3 is 1.85 bits per heavy atom. The van der Waals surface area contributed by atoms with Crippen molar-refractivity contribution in [1.82, 2.24) is 0 Å². The quantitative estimate of drug-likeness (QED) is 0.0898. The van der Waals surface area contributed by atoms with E-state index in [4.69, 9.17) is 14.0 Å². The lowest BCUT2D eigenvalue weighted by Crippen LogP contribution is -2.79. The van der Waals surface area contributed by atoms with E-state index in [0.29, 0.717) is 13.0 Å². The Morgan fingerprint density at radius 1 is 0.824 bits per heavy atom. The maximum atomic E-state index is 12.1. The minimum atomic E-state index is -3.67. The molecule has 0 aromatic heterocycles. The summed E-state index contributed by atoms with van der Waals surface area (Å²) in [7, 11) is -1.70. The molecule has 0 radical (unpaired) electrons. The summed E-state index contributed by atoms with van der Waals surface area (Å²) >= 11 is 0. The van der Waals surface area contributed by atoms with E-state index >= 15 is 0 Å². The summed E-state index contributed by atoms with van der Waals surface area (Å²) in [4.78, 5) is 21.3. The van der Waals surface area contributed by atoms with Crippen molar-refractivity contribution < 1.29 is 33.6 Å². The molecule has 204 valence electrons. The van der Waals surface area contributed by atoms with Crippen LogP contribution in [0.5, 0.6) is 0 Å². The number of unbranched alkanes of at least 4 members (excludes halogenated alkanes) is 14. The van der Waals surface area contributed by atoms with E-state index in [2.05, 4.69) is 6.92 Å². The fourth-order valence-electron chi connectivity index (χ4n) is 3.89. The first-order valence-electron chi connectivity index (χ1n) is 13.9. The number of nitrogens with two attached hydrogens (primary N) is 1. The molecule has 2 atom stereocenters. The zero-order chi connectivity index (χ0) is 25.3. The van der Waals surface area contributed by atoms with Gasteiger partial charge in [-0.1, -0.05) is 90.4 Å². The van der Waals surface area contributed by atoms with Crippen molar-refractivity contribution in [2.75, 3.05) is 39.6 Å². The predicted octanol–water partition coefficient (Wildman–Crippen LogP) is 5.59. The molecule has 0 heterocycles. The second kappa shape index (κ2) is 24.2. The number of carbonyl (C=O) groups excluding carboxylic acids is 1. The van der Waals surface area contributed by atoms with E-state index in [9.17, 15) is 14.3 Å². The van der Waals surface area contributed by atoms with Crippen molar-refractivity contribution in [2.24, 2.45) is 0 Å². The van der Waals surface area contributed by atoms with Crippen LogP contribution in [0.1, 0.15) is 117 Å². The second-order valence-electron chi connectivity index (χ2n) is 9.46. The molecule has 0 aliphatic heterocycles. The first-order valence-corrected chi connectivity index (χ1v) is 15.7. The Morgan fingerprint density at radius 2 is 1.35 bits per heavy atom. The summed E-state index contributed by atoms with van der Waals surface area (Å²) in [6.45, 7) is 5.16. The topological polar surface area (TPSA) is 98.7 Å². The molecule has 0 amide bonds. The van der Waals surface area contributed by atoms with Crippen LogP contribution in [0.2, 0.25) is 0 Å². The van der Waals surface area contributed by atoms with Crippen molar-refractivity contribution >= 4 is 13.6 Å². The Kier molecular flexibility index (Phi) is 23.9. The summed E-state index contributed by atoms with van der Waals surface area (Å²) in [5.74, 6) is -0.444. The van der Waals surface area contributed by atoms with Gasteiger partial charge < -0.3 is 24.2 Å². The van der Waals surface area contributed by atoms with Gasteiger partial charge in [0, 0.05) is 13.5 Å². The van der Waals surface area contributed by atoms with E-state index < -0.39 is 19.7 Å². The second-order valence-corrected chi connectivity index (χ2v) is 11.4. The van der Waals surface area contributed by atoms with Gasteiger partial charge in [0.2, 0.25) is 0 Å². The fourth-order valence-corrected chi connectivity index (χ4v) is 5.04. The van der Waals surface area contributed by atoms with Crippen LogP contribution >= 0.6 is 7.60 Å². The van der Waals surface area contributed by atoms with E-state index in [1.807, 2.05) is 12.4 Å². The van der Waals surface area contributed by atoms with Crippen LogP contribution in [0.15, 0.2) is 0 Å². The molecular formula is C26H55NO6P+. The van der Waals surface area contributed by atoms with Gasteiger partial charge in [0.25, 0.3) is 0 Å². The zero-order valence-electron chi connectivity index (χ0n) is 22.4. The smallest absolute Gasteiger partial charge is 0.328 e. The van der Waals surface area contributed by atoms with Crippen LogP contribution in [-0.2, 0) is 23.4 Å². The summed E-state index contributed by atoms with van der Waals surface area (Å²) in [6.07, 6.45) is 19.3. The van der Waals surface area contributed by atoms with Crippen LogP contribution in [-0.4, -0.2) is 56.5 Å². The van der Waals surface area contributed by atoms with Crippen LogP contribution in [0, 0.1) is 0 Å². The number of ether oxygens (including phenoxy) is 2. The average molecular weight is 509 g/mol. The van der Waals surface area contributed by atoms with E-state index in [-0.39, 0.29) is 19.4 Å². The van der Waals surface area contributed by atoms with Gasteiger partial charge in [0.05, 0.1) is 33.0 Å². The monoisotopic (exact) mass is 508 g/mol. The highest BCUT2D eigenvalue weighted by Gasteiger charge is 2.23. The van der Waals surface area contributed by atoms with Crippen molar-refractivity contribution in [3.05, 3.63) is 0 Å². The Bertz CT molecular complexity index is 506. The molecule has 8 heteroatoms. The summed E-state index contributed by atoms with van der Waals surface area (Å²) in [5.41, 5.74) is 0. The molecule has 0 aliphatic carbocycles. The predicted molar refractivity (Wildman–Crippen MR) is 139 cm³/mol. The highest BCUT2D eigenvalue weighted by molar-refractivity contribution is 7.52. The van der Waals surface area contributed by atoms with Crippen molar-refractivity contribution in [2.45, 2.75) is 123 Å². The first-order chi connectivity index (χ1) is 16.4. The maximum Gasteiger partial charge on any atom is 0.328 e. The van der Waals surface area contributed by atoms with Gasteiger partial charge in [-0.25, -0.2) is 0 Å². The van der Waals surface area contributed by atoms with E-state index in [1.165, 1.54) is 84.0 Å². The highest BCUT2D eigenvalue weighted by Crippen LogP contribution is 2.42. The first kappa shape index (κ1) is 33.5. The maximum absolute atomic E-state index is 12.1. The molecular weight excluding hydrogens is 453 g/mol. The molecule has 0 rings (SSSR count). The average Bonchev–Trinajstić information content (AvgIpc) is 2.79. The largest absolute Gasteiger partial charge is 0.458 e. The number of esters is 1. The summed E-state index contributed by atoms with van der Waals surface area (Å²) in [5, 5.41) is 2.04. The summed E-state index contributed by atoms with van der Waals surface area (Å²) in [6, 6.07) is 0. The lowest BCUT2D eigenvalue weighted by Gasteiger charge is -2.19. The van der Waals surface area contributed by atoms with Crippen LogP contribution in [0.25, 0.3) is 0 Å². The fraction of sp³-hybridized carbons (Fsp3) is 0.962. The molecule has 0 bridgehead atoms. The Hall–Kier alpha value is -0.460. The highest BCUT2D eigenvalue weighted by atomic mass is 31.2. The molecule has 3 N–H and O–H groups in total. The lowest BCUT2D eigenvalue weighted by atomic mass is 10.0. The van der Waals surface area contributed by atoms with Gasteiger partial charge in [0.15, 0.2) is 0 Å². The Balaban J connectivity index is 3.70. The number of carbonyl (C=O) groups is 1. The number of quaternary nitrogens is 1. The molecule has 0 aromatic carbocycles. The van der Waals surface area contributed by atoms with Gasteiger partial charge in [-0.05, 0) is 19.3 Å². The minimum Gasteiger partial charge on any atom is -0.458 e. The molecule has 0 aliphatic rings. The van der Waals surface area contributed by atoms with Crippen LogP contribution in [0.3, 0.4) is 0 Å². The molecule has 2 unspecified atom stereocenters. The molecule has 0 saturated carbocycles. The van der Waals surface area contributed by atoms with Crippen LogP contribution in [0.4, 0.5) is 0 Å². The SMILES string of the molecule is CCCCCCCCCCCCCCCCOCC(COP(=O)(O)CCCC[NH2+]C)OC(C)=O.